The van der Waals surface area contributed by atoms with E-state index in [0.717, 1.165) is 0 Å². The number of rotatable bonds is 13. The molecule has 0 saturated carbocycles. The Morgan fingerprint density at radius 2 is 0.377 bits per heavy atom. The number of fused-ring (bicyclic) bond motifs is 18. The van der Waals surface area contributed by atoms with Crippen LogP contribution in [0.2, 0.25) is 0 Å². The van der Waals surface area contributed by atoms with Gasteiger partial charge in [-0.3, -0.25) is 0 Å². The van der Waals surface area contributed by atoms with Crippen molar-refractivity contribution in [2.45, 2.75) is 16.2 Å². The van der Waals surface area contributed by atoms with Gasteiger partial charge in [-0.25, -0.2) is 0 Å². The summed E-state index contributed by atoms with van der Waals surface area (Å²) in [6.07, 6.45) is 0. The van der Waals surface area contributed by atoms with E-state index in [1.165, 1.54) is 239 Å². The molecule has 3 heterocycles. The maximum Gasteiger partial charge on any atom is 0.0713 e. The van der Waals surface area contributed by atoms with Gasteiger partial charge >= 0.3 is 0 Å². The molecule has 0 nitrogen and oxygen atoms in total. The lowest BCUT2D eigenvalue weighted by Gasteiger charge is -2.34. The van der Waals surface area contributed by atoms with E-state index in [0.29, 0.717) is 0 Å². The van der Waals surface area contributed by atoms with Gasteiger partial charge in [0.25, 0.3) is 0 Å². The number of hydrogen-bond donors (Lipinski definition) is 0. The zero-order chi connectivity index (χ0) is 91.3. The molecule has 0 radical (unpaired) electrons. The first-order valence-corrected chi connectivity index (χ1v) is 50.1. The van der Waals surface area contributed by atoms with Gasteiger partial charge in [-0.15, -0.1) is 34.0 Å². The Kier molecular flexibility index (Phi) is 20.3. The summed E-state index contributed by atoms with van der Waals surface area (Å²) in [6.45, 7) is 0. The lowest BCUT2D eigenvalue weighted by atomic mass is 9.67. The number of benzene rings is 22. The quantitative estimate of drug-likeness (QED) is 0.108. The van der Waals surface area contributed by atoms with Gasteiger partial charge in [0.2, 0.25) is 0 Å². The van der Waals surface area contributed by atoms with Crippen LogP contribution in [0.1, 0.15) is 66.8 Å². The van der Waals surface area contributed by atoms with Crippen LogP contribution >= 0.6 is 34.0 Å². The highest BCUT2D eigenvalue weighted by atomic mass is 32.1. The molecule has 0 saturated heterocycles. The Labute approximate surface area is 816 Å². The van der Waals surface area contributed by atoms with Crippen LogP contribution in [0.4, 0.5) is 0 Å². The second kappa shape index (κ2) is 34.1. The monoisotopic (exact) mass is 1800 g/mol. The Morgan fingerprint density at radius 1 is 0.116 bits per heavy atom. The van der Waals surface area contributed by atoms with Crippen LogP contribution in [-0.4, -0.2) is 0 Å². The Morgan fingerprint density at radius 3 is 0.833 bits per heavy atom. The molecule has 138 heavy (non-hydrogen) atoms. The second-order valence-corrected chi connectivity index (χ2v) is 39.6. The molecule has 28 rings (SSSR count). The molecule has 25 aromatic rings. The molecule has 22 aromatic carbocycles. The Hall–Kier alpha value is -16.5. The maximum atomic E-state index is 2.42. The van der Waals surface area contributed by atoms with Gasteiger partial charge in [-0.2, -0.15) is 0 Å². The van der Waals surface area contributed by atoms with Crippen molar-refractivity contribution in [1.82, 2.24) is 0 Å². The molecule has 3 aliphatic carbocycles. The van der Waals surface area contributed by atoms with E-state index >= 15 is 0 Å². The standard InChI is InChI=1S/C49H32S.2C43H28S/c1-4-14-33(15-5-1)36-26-29-47-43(30-36)44-32-37(34-16-6-2-7-17-34)31-42(48(44)50-47)35-24-27-39(28-25-35)49(38-18-8-3-9-19-38)45-22-12-10-20-40(45)41-21-11-13-23-46(41)49;1-3-13-29(14-4-1)33-19-11-21-37-38-22-12-20-34(42(38)44-41(33)37)30-25-27-32(28-26-30)43(31-15-5-2-6-16-31)39-23-9-7-17-35(39)36-18-8-10-24-40(36)43;1-2-16-32(17-3-1)43(39-24-7-4-19-35(39)36-20-5-8-25-40(36)43)33-18-11-14-30(28-33)29-13-10-15-31(27-29)34-22-12-23-38-37-21-6-9-26-41(37)44-42(34)38/h1-32H;2*1-28H. The van der Waals surface area contributed by atoms with E-state index in [-0.39, 0.29) is 5.41 Å². The normalized spacial score (nSPS) is 13.1. The largest absolute Gasteiger partial charge is 0.135 e. The summed E-state index contributed by atoms with van der Waals surface area (Å²) in [4.78, 5) is 0. The van der Waals surface area contributed by atoms with Crippen molar-refractivity contribution < 1.29 is 0 Å². The lowest BCUT2D eigenvalue weighted by molar-refractivity contribution is 0.768. The molecule has 3 heteroatoms. The highest BCUT2D eigenvalue weighted by Gasteiger charge is 2.49. The highest BCUT2D eigenvalue weighted by molar-refractivity contribution is 7.27. The topological polar surface area (TPSA) is 0 Å². The summed E-state index contributed by atoms with van der Waals surface area (Å²) in [5.41, 5.74) is 40.1. The smallest absolute Gasteiger partial charge is 0.0713 e. The molecule has 0 amide bonds. The minimum absolute atomic E-state index is 0.374. The summed E-state index contributed by atoms with van der Waals surface area (Å²) < 4.78 is 8.01. The van der Waals surface area contributed by atoms with Gasteiger partial charge < -0.3 is 0 Å². The van der Waals surface area contributed by atoms with E-state index < -0.39 is 10.8 Å². The van der Waals surface area contributed by atoms with Crippen LogP contribution in [0.15, 0.2) is 534 Å². The molecule has 0 N–H and O–H groups in total. The van der Waals surface area contributed by atoms with Gasteiger partial charge in [0, 0.05) is 66.1 Å². The summed E-state index contributed by atoms with van der Waals surface area (Å²) in [5, 5.41) is 7.93. The van der Waals surface area contributed by atoms with Gasteiger partial charge in [-0.1, -0.05) is 491 Å². The fraction of sp³-hybridized carbons (Fsp3) is 0.0222. The van der Waals surface area contributed by atoms with Crippen molar-refractivity contribution in [3.8, 4) is 111 Å². The van der Waals surface area contributed by atoms with E-state index in [9.17, 15) is 0 Å². The number of hydrogen-bond acceptors (Lipinski definition) is 3. The average Bonchev–Trinajstić information content (AvgIpc) is 1.54. The number of thiophene rings is 3. The highest BCUT2D eigenvalue weighted by Crippen LogP contribution is 2.61. The molecule has 0 fully saturated rings. The van der Waals surface area contributed by atoms with E-state index in [1.54, 1.807) is 0 Å². The molecule has 3 aromatic heterocycles. The van der Waals surface area contributed by atoms with Crippen molar-refractivity contribution in [2.75, 3.05) is 0 Å². The van der Waals surface area contributed by atoms with Crippen molar-refractivity contribution in [1.29, 1.82) is 0 Å². The van der Waals surface area contributed by atoms with Crippen LogP contribution in [-0.2, 0) is 16.2 Å². The maximum absolute atomic E-state index is 2.42. The predicted octanol–water partition coefficient (Wildman–Crippen LogP) is 36.9. The summed E-state index contributed by atoms with van der Waals surface area (Å²) in [6, 6.07) is 197. The van der Waals surface area contributed by atoms with Crippen molar-refractivity contribution in [3.05, 3.63) is 601 Å². The molecule has 0 unspecified atom stereocenters. The van der Waals surface area contributed by atoms with Crippen LogP contribution in [0.5, 0.6) is 0 Å². The third kappa shape index (κ3) is 13.3. The molecule has 0 atom stereocenters. The van der Waals surface area contributed by atoms with Gasteiger partial charge in [0.1, 0.15) is 0 Å². The van der Waals surface area contributed by atoms with Gasteiger partial charge in [0.05, 0.1) is 16.2 Å². The minimum Gasteiger partial charge on any atom is -0.135 e. The predicted molar refractivity (Wildman–Crippen MR) is 588 cm³/mol. The van der Waals surface area contributed by atoms with Crippen LogP contribution in [0.3, 0.4) is 0 Å². The first-order chi connectivity index (χ1) is 68.4. The Bertz CT molecular complexity index is 8840. The van der Waals surface area contributed by atoms with E-state index in [2.05, 4.69) is 534 Å². The van der Waals surface area contributed by atoms with Gasteiger partial charge in [-0.05, 0) is 215 Å². The van der Waals surface area contributed by atoms with Gasteiger partial charge in [0.15, 0.2) is 0 Å². The summed E-state index contributed by atoms with van der Waals surface area (Å²) in [7, 11) is 0. The first-order valence-electron chi connectivity index (χ1n) is 47.6. The molecular weight excluding hydrogens is 1720 g/mol. The van der Waals surface area contributed by atoms with E-state index in [4.69, 9.17) is 0 Å². The minimum atomic E-state index is -0.403. The summed E-state index contributed by atoms with van der Waals surface area (Å²) in [5.74, 6) is 0. The second-order valence-electron chi connectivity index (χ2n) is 36.5. The fourth-order valence-corrected chi connectivity index (χ4v) is 27.1. The molecule has 646 valence electrons. The third-order valence-corrected chi connectivity index (χ3v) is 33.1. The van der Waals surface area contributed by atoms with Crippen molar-refractivity contribution >= 4 is 94.5 Å². The first kappa shape index (κ1) is 82.2. The van der Waals surface area contributed by atoms with Crippen molar-refractivity contribution in [3.63, 3.8) is 0 Å². The van der Waals surface area contributed by atoms with Crippen molar-refractivity contribution in [2.24, 2.45) is 0 Å². The summed E-state index contributed by atoms with van der Waals surface area (Å²) >= 11 is 5.70. The SMILES string of the molecule is c1ccc(-c2ccc3sc4c(-c5ccc(C6(c7ccccc7)c7ccccc7-c7ccccc76)cc5)cc(-c5ccccc5)cc4c3c2)cc1.c1ccc(-c2cccc3c2sc2c(-c4ccc(C5(c6ccccc6)c6ccccc6-c6ccccc65)cc4)cccc23)cc1.c1ccc(C2(c3cccc(-c4cccc(-c5cccc6c5sc5ccccc56)c4)c3)c3ccccc3-c3ccccc32)cc1. The molecule has 3 aliphatic rings. The van der Waals surface area contributed by atoms with Crippen LogP contribution in [0, 0.1) is 0 Å². The molecular formula is C135H88S3. The Balaban J connectivity index is 0.000000107. The van der Waals surface area contributed by atoms with Crippen LogP contribution in [0.25, 0.3) is 172 Å². The zero-order valence-corrected chi connectivity index (χ0v) is 78.0. The fourth-order valence-electron chi connectivity index (χ4n) is 23.3. The van der Waals surface area contributed by atoms with E-state index in [1.807, 2.05) is 34.0 Å². The zero-order valence-electron chi connectivity index (χ0n) is 75.5. The lowest BCUT2D eigenvalue weighted by Crippen LogP contribution is -2.28. The molecule has 0 aliphatic heterocycles. The average molecular weight is 1810 g/mol. The molecule has 0 bridgehead atoms. The molecule has 0 spiro atoms. The third-order valence-electron chi connectivity index (χ3n) is 29.3. The van der Waals surface area contributed by atoms with Crippen LogP contribution < -0.4 is 0 Å².